The topological polar surface area (TPSA) is 69.0 Å². The summed E-state index contributed by atoms with van der Waals surface area (Å²) in [4.78, 5) is 16.3. The molecule has 1 N–H and O–H groups in total. The lowest BCUT2D eigenvalue weighted by molar-refractivity contribution is -0.111. The highest BCUT2D eigenvalue weighted by Crippen LogP contribution is 2.29. The Balaban J connectivity index is 1.45. The normalized spacial score (nSPS) is 13.0. The minimum atomic E-state index is -0.219. The van der Waals surface area contributed by atoms with Gasteiger partial charge in [0.1, 0.15) is 25.0 Å². The Bertz CT molecular complexity index is 1060. The molecule has 28 heavy (non-hydrogen) atoms. The highest BCUT2D eigenvalue weighted by molar-refractivity contribution is 6.30. The molecule has 1 aliphatic heterocycles. The van der Waals surface area contributed by atoms with Gasteiger partial charge in [-0.2, -0.15) is 5.10 Å². The van der Waals surface area contributed by atoms with Crippen molar-refractivity contribution in [3.63, 3.8) is 0 Å². The molecule has 0 saturated carbocycles. The zero-order valence-corrected chi connectivity index (χ0v) is 15.6. The monoisotopic (exact) mass is 392 g/mol. The lowest BCUT2D eigenvalue weighted by Gasteiger charge is -2.16. The van der Waals surface area contributed by atoms with E-state index in [0.29, 0.717) is 18.2 Å². The molecule has 1 amide bonds. The van der Waals surface area contributed by atoms with Gasteiger partial charge in [-0.3, -0.25) is 4.79 Å². The van der Waals surface area contributed by atoms with Crippen molar-refractivity contribution in [3.05, 3.63) is 89.0 Å². The molecule has 0 bridgehead atoms. The summed E-state index contributed by atoms with van der Waals surface area (Å²) >= 11 is 6.03. The second-order valence-corrected chi connectivity index (χ2v) is 6.70. The molecule has 1 aromatic heterocycles. The molecular weight excluding hydrogens is 376 g/mol. The van der Waals surface area contributed by atoms with Crippen molar-refractivity contribution >= 4 is 29.3 Å². The minimum absolute atomic E-state index is 0.219. The van der Waals surface area contributed by atoms with Crippen LogP contribution in [0.1, 0.15) is 11.1 Å². The number of carbonyl (C=O) groups excluding carboxylic acids is 1. The first-order valence-corrected chi connectivity index (χ1v) is 9.07. The van der Waals surface area contributed by atoms with Crippen LogP contribution in [0.4, 0.5) is 5.69 Å². The molecular formula is C21H17ClN4O2. The molecule has 0 radical (unpaired) electrons. The van der Waals surface area contributed by atoms with Crippen molar-refractivity contribution in [2.45, 2.75) is 6.54 Å². The molecule has 0 saturated heterocycles. The SMILES string of the molecule is O=C(/C=C\C1=Cc2cc(Cl)ccc2OC1)Nc1ccccc1Cn1cncn1. The van der Waals surface area contributed by atoms with Gasteiger partial charge < -0.3 is 10.1 Å². The Labute approximate surface area is 167 Å². The fraction of sp³-hybridized carbons (Fsp3) is 0.0952. The number of para-hydroxylation sites is 1. The van der Waals surface area contributed by atoms with Gasteiger partial charge in [0.05, 0.1) is 6.54 Å². The van der Waals surface area contributed by atoms with Gasteiger partial charge in [-0.05, 0) is 41.5 Å². The minimum Gasteiger partial charge on any atom is -0.488 e. The van der Waals surface area contributed by atoms with Crippen LogP contribution in [0.3, 0.4) is 0 Å². The smallest absolute Gasteiger partial charge is 0.248 e. The summed E-state index contributed by atoms with van der Waals surface area (Å²) in [7, 11) is 0. The number of amides is 1. The Hall–Kier alpha value is -3.38. The van der Waals surface area contributed by atoms with Crippen molar-refractivity contribution in [1.29, 1.82) is 0 Å². The predicted octanol–water partition coefficient (Wildman–Crippen LogP) is 3.95. The van der Waals surface area contributed by atoms with Crippen LogP contribution in [0.2, 0.25) is 5.02 Å². The summed E-state index contributed by atoms with van der Waals surface area (Å²) in [5.74, 6) is 0.567. The summed E-state index contributed by atoms with van der Waals surface area (Å²) in [6.45, 7) is 0.929. The number of nitrogens with one attached hydrogen (secondary N) is 1. The Morgan fingerprint density at radius 3 is 3.04 bits per heavy atom. The molecule has 6 nitrogen and oxygen atoms in total. The maximum Gasteiger partial charge on any atom is 0.248 e. The van der Waals surface area contributed by atoms with Gasteiger partial charge in [0.15, 0.2) is 0 Å². The second kappa shape index (κ2) is 8.10. The summed E-state index contributed by atoms with van der Waals surface area (Å²) < 4.78 is 7.40. The highest BCUT2D eigenvalue weighted by atomic mass is 35.5. The van der Waals surface area contributed by atoms with Gasteiger partial charge in [0, 0.05) is 22.3 Å². The highest BCUT2D eigenvalue weighted by Gasteiger charge is 2.11. The molecule has 7 heteroatoms. The molecule has 140 valence electrons. The maximum atomic E-state index is 12.4. The number of nitrogens with zero attached hydrogens (tertiary/aromatic N) is 3. The fourth-order valence-corrected chi connectivity index (χ4v) is 3.07. The van der Waals surface area contributed by atoms with Crippen LogP contribution in [0.15, 0.2) is 72.8 Å². The maximum absolute atomic E-state index is 12.4. The van der Waals surface area contributed by atoms with E-state index in [2.05, 4.69) is 15.4 Å². The van der Waals surface area contributed by atoms with E-state index >= 15 is 0 Å². The number of fused-ring (bicyclic) bond motifs is 1. The average Bonchev–Trinajstić information content (AvgIpc) is 3.20. The number of benzene rings is 2. The molecule has 0 aliphatic carbocycles. The molecule has 0 fully saturated rings. The lowest BCUT2D eigenvalue weighted by atomic mass is 10.1. The third-order valence-electron chi connectivity index (χ3n) is 4.23. The Kier molecular flexibility index (Phi) is 5.21. The first-order chi connectivity index (χ1) is 13.7. The van der Waals surface area contributed by atoms with Crippen LogP contribution in [0.25, 0.3) is 6.08 Å². The van der Waals surface area contributed by atoms with Gasteiger partial charge in [0.2, 0.25) is 5.91 Å². The summed E-state index contributed by atoms with van der Waals surface area (Å²) in [5.41, 5.74) is 3.47. The number of rotatable bonds is 5. The van der Waals surface area contributed by atoms with Crippen molar-refractivity contribution in [3.8, 4) is 5.75 Å². The van der Waals surface area contributed by atoms with E-state index in [4.69, 9.17) is 16.3 Å². The summed E-state index contributed by atoms with van der Waals surface area (Å²) in [6.07, 6.45) is 8.33. The number of aromatic nitrogens is 3. The molecule has 4 rings (SSSR count). The molecule has 0 unspecified atom stereocenters. The van der Waals surface area contributed by atoms with Crippen molar-refractivity contribution in [1.82, 2.24) is 14.8 Å². The van der Waals surface area contributed by atoms with Crippen molar-refractivity contribution in [2.24, 2.45) is 0 Å². The quantitative estimate of drug-likeness (QED) is 0.667. The van der Waals surface area contributed by atoms with Crippen LogP contribution < -0.4 is 10.1 Å². The first kappa shape index (κ1) is 18.0. The largest absolute Gasteiger partial charge is 0.488 e. The van der Waals surface area contributed by atoms with E-state index in [1.165, 1.54) is 12.4 Å². The van der Waals surface area contributed by atoms with Crippen LogP contribution in [0, 0.1) is 0 Å². The van der Waals surface area contributed by atoms with Gasteiger partial charge in [0.25, 0.3) is 0 Å². The molecule has 1 aliphatic rings. The van der Waals surface area contributed by atoms with Gasteiger partial charge in [-0.1, -0.05) is 35.9 Å². The van der Waals surface area contributed by atoms with Crippen molar-refractivity contribution in [2.75, 3.05) is 11.9 Å². The number of hydrogen-bond acceptors (Lipinski definition) is 4. The zero-order chi connectivity index (χ0) is 19.3. The summed E-state index contributed by atoms with van der Waals surface area (Å²) in [5, 5.41) is 7.66. The van der Waals surface area contributed by atoms with Crippen molar-refractivity contribution < 1.29 is 9.53 Å². The van der Waals surface area contributed by atoms with Crippen LogP contribution >= 0.6 is 11.6 Å². The number of ether oxygens (including phenoxy) is 1. The third-order valence-corrected chi connectivity index (χ3v) is 4.47. The molecule has 2 aromatic carbocycles. The standard InChI is InChI=1S/C21H17ClN4O2/c22-18-6-7-20-17(10-18)9-15(12-28-20)5-8-21(27)25-19-4-2-1-3-16(19)11-26-14-23-13-24-26/h1-10,13-14H,11-12H2,(H,25,27)/b8-5-. The number of hydrogen-bond donors (Lipinski definition) is 1. The van der Waals surface area contributed by atoms with Gasteiger partial charge in [-0.25, -0.2) is 9.67 Å². The average molecular weight is 393 g/mol. The Morgan fingerprint density at radius 1 is 1.29 bits per heavy atom. The molecule has 0 spiro atoms. The Morgan fingerprint density at radius 2 is 2.18 bits per heavy atom. The van der Waals surface area contributed by atoms with Crippen LogP contribution in [-0.4, -0.2) is 27.3 Å². The van der Waals surface area contributed by atoms with E-state index in [1.54, 1.807) is 23.2 Å². The second-order valence-electron chi connectivity index (χ2n) is 6.26. The fourth-order valence-electron chi connectivity index (χ4n) is 2.89. The molecule has 2 heterocycles. The van der Waals surface area contributed by atoms with E-state index < -0.39 is 0 Å². The zero-order valence-electron chi connectivity index (χ0n) is 14.9. The van der Waals surface area contributed by atoms with E-state index in [0.717, 1.165) is 28.1 Å². The van der Waals surface area contributed by atoms with E-state index in [1.807, 2.05) is 42.5 Å². The van der Waals surface area contributed by atoms with E-state index in [-0.39, 0.29) is 5.91 Å². The van der Waals surface area contributed by atoms with E-state index in [9.17, 15) is 4.79 Å². The third kappa shape index (κ3) is 4.29. The lowest BCUT2D eigenvalue weighted by Crippen LogP contribution is -2.12. The van der Waals surface area contributed by atoms with Gasteiger partial charge in [-0.15, -0.1) is 0 Å². The van der Waals surface area contributed by atoms with Gasteiger partial charge >= 0.3 is 0 Å². The number of anilines is 1. The first-order valence-electron chi connectivity index (χ1n) is 8.70. The molecule has 0 atom stereocenters. The summed E-state index contributed by atoms with van der Waals surface area (Å²) in [6, 6.07) is 13.1. The molecule has 3 aromatic rings. The number of carbonyl (C=O) groups is 1. The predicted molar refractivity (Wildman–Crippen MR) is 108 cm³/mol. The number of halogens is 1. The van der Waals surface area contributed by atoms with Crippen LogP contribution in [0.5, 0.6) is 5.75 Å². The van der Waals surface area contributed by atoms with Crippen LogP contribution in [-0.2, 0) is 11.3 Å².